The molecule has 2 aromatic rings. The van der Waals surface area contributed by atoms with Crippen molar-refractivity contribution < 1.29 is 27.5 Å². The van der Waals surface area contributed by atoms with E-state index in [-0.39, 0.29) is 65.5 Å². The van der Waals surface area contributed by atoms with E-state index in [9.17, 15) is 23.3 Å². The SMILES string of the molecule is COC(=O)c1ccc(OCC(=O)N2CCN(S(=O)(=O)c3ccccc3C#N)CC2)c(Cl)c1. The van der Waals surface area contributed by atoms with Gasteiger partial charge in [-0.1, -0.05) is 23.7 Å². The quantitative estimate of drug-likeness (QED) is 0.583. The molecule has 0 radical (unpaired) electrons. The number of benzene rings is 2. The van der Waals surface area contributed by atoms with E-state index in [1.54, 1.807) is 12.1 Å². The Balaban J connectivity index is 1.58. The van der Waals surface area contributed by atoms with Crippen molar-refractivity contribution in [3.05, 3.63) is 58.6 Å². The summed E-state index contributed by atoms with van der Waals surface area (Å²) in [5, 5.41) is 9.35. The molecule has 1 aliphatic rings. The average Bonchev–Trinajstić information content (AvgIpc) is 2.82. The van der Waals surface area contributed by atoms with E-state index >= 15 is 0 Å². The molecule has 0 saturated carbocycles. The number of esters is 1. The van der Waals surface area contributed by atoms with Gasteiger partial charge in [0, 0.05) is 26.2 Å². The molecular weight excluding hydrogens is 458 g/mol. The maximum atomic E-state index is 12.9. The van der Waals surface area contributed by atoms with Crippen LogP contribution >= 0.6 is 11.6 Å². The molecule has 1 saturated heterocycles. The van der Waals surface area contributed by atoms with Crippen LogP contribution in [0.5, 0.6) is 5.75 Å². The summed E-state index contributed by atoms with van der Waals surface area (Å²) in [7, 11) is -2.59. The molecule has 3 rings (SSSR count). The molecule has 1 aliphatic heterocycles. The first-order valence-corrected chi connectivity index (χ1v) is 11.4. The Hall–Kier alpha value is -3.13. The third-order valence-corrected chi connectivity index (χ3v) is 7.17. The molecule has 0 spiro atoms. The fourth-order valence-corrected chi connectivity index (χ4v) is 4.99. The molecule has 168 valence electrons. The molecule has 9 nitrogen and oxygen atoms in total. The zero-order valence-electron chi connectivity index (χ0n) is 17.2. The summed E-state index contributed by atoms with van der Waals surface area (Å²) in [6.45, 7) is 0.280. The largest absolute Gasteiger partial charge is 0.482 e. The lowest BCUT2D eigenvalue weighted by molar-refractivity contribution is -0.134. The van der Waals surface area contributed by atoms with Gasteiger partial charge in [-0.05, 0) is 30.3 Å². The second-order valence-electron chi connectivity index (χ2n) is 6.82. The van der Waals surface area contributed by atoms with Crippen molar-refractivity contribution in [3.63, 3.8) is 0 Å². The van der Waals surface area contributed by atoms with Crippen LogP contribution in [0.1, 0.15) is 15.9 Å². The Morgan fingerprint density at radius 2 is 1.81 bits per heavy atom. The van der Waals surface area contributed by atoms with Crippen LogP contribution in [-0.2, 0) is 19.6 Å². The Labute approximate surface area is 190 Å². The topological polar surface area (TPSA) is 117 Å². The minimum atomic E-state index is -3.84. The van der Waals surface area contributed by atoms with Crippen molar-refractivity contribution in [2.75, 3.05) is 39.9 Å². The molecule has 32 heavy (non-hydrogen) atoms. The van der Waals surface area contributed by atoms with Gasteiger partial charge in [-0.3, -0.25) is 4.79 Å². The van der Waals surface area contributed by atoms with Gasteiger partial charge in [0.2, 0.25) is 10.0 Å². The van der Waals surface area contributed by atoms with Gasteiger partial charge in [-0.2, -0.15) is 9.57 Å². The van der Waals surface area contributed by atoms with Crippen LogP contribution in [0.15, 0.2) is 47.4 Å². The van der Waals surface area contributed by atoms with Crippen LogP contribution in [0.2, 0.25) is 5.02 Å². The molecule has 0 atom stereocenters. The maximum Gasteiger partial charge on any atom is 0.337 e. The summed E-state index contributed by atoms with van der Waals surface area (Å²) >= 11 is 6.10. The maximum absolute atomic E-state index is 12.9. The van der Waals surface area contributed by atoms with E-state index in [0.717, 1.165) is 0 Å². The number of nitrogens with zero attached hydrogens (tertiary/aromatic N) is 3. The Morgan fingerprint density at radius 3 is 2.44 bits per heavy atom. The van der Waals surface area contributed by atoms with Gasteiger partial charge >= 0.3 is 5.97 Å². The van der Waals surface area contributed by atoms with E-state index in [1.807, 2.05) is 6.07 Å². The summed E-state index contributed by atoms with van der Waals surface area (Å²) in [5.74, 6) is -0.630. The van der Waals surface area contributed by atoms with E-state index in [2.05, 4.69) is 4.74 Å². The molecule has 1 heterocycles. The zero-order valence-corrected chi connectivity index (χ0v) is 18.7. The second-order valence-corrected chi connectivity index (χ2v) is 9.13. The molecule has 0 aliphatic carbocycles. The number of methoxy groups -OCH3 is 1. The van der Waals surface area contributed by atoms with Crippen molar-refractivity contribution in [3.8, 4) is 11.8 Å². The number of carbonyl (C=O) groups is 2. The van der Waals surface area contributed by atoms with E-state index in [4.69, 9.17) is 16.3 Å². The van der Waals surface area contributed by atoms with Crippen molar-refractivity contribution in [1.82, 2.24) is 9.21 Å². The van der Waals surface area contributed by atoms with Gasteiger partial charge in [0.25, 0.3) is 5.91 Å². The van der Waals surface area contributed by atoms with Crippen molar-refractivity contribution in [2.24, 2.45) is 0 Å². The lowest BCUT2D eigenvalue weighted by Gasteiger charge is -2.34. The van der Waals surface area contributed by atoms with Gasteiger partial charge in [-0.15, -0.1) is 0 Å². The number of amides is 1. The van der Waals surface area contributed by atoms with Crippen LogP contribution in [0.25, 0.3) is 0 Å². The van der Waals surface area contributed by atoms with Gasteiger partial charge in [-0.25, -0.2) is 13.2 Å². The monoisotopic (exact) mass is 477 g/mol. The fourth-order valence-electron chi connectivity index (χ4n) is 3.19. The first-order valence-electron chi connectivity index (χ1n) is 9.55. The standard InChI is InChI=1S/C21H20ClN3O6S/c1-30-21(27)15-6-7-18(17(22)12-15)31-14-20(26)24-8-10-25(11-9-24)32(28,29)19-5-3-2-4-16(19)13-23/h2-7,12H,8-11,14H2,1H3. The van der Waals surface area contributed by atoms with E-state index in [1.165, 1.54) is 46.6 Å². The molecule has 0 N–H and O–H groups in total. The highest BCUT2D eigenvalue weighted by molar-refractivity contribution is 7.89. The number of piperazine rings is 1. The minimum Gasteiger partial charge on any atom is -0.482 e. The summed E-state index contributed by atoms with van der Waals surface area (Å²) in [6.07, 6.45) is 0. The predicted molar refractivity (Wildman–Crippen MR) is 115 cm³/mol. The average molecular weight is 478 g/mol. The molecule has 0 unspecified atom stereocenters. The smallest absolute Gasteiger partial charge is 0.337 e. The number of hydrogen-bond acceptors (Lipinski definition) is 7. The molecule has 11 heteroatoms. The first kappa shape index (κ1) is 23.5. The molecule has 0 bridgehead atoms. The number of sulfonamides is 1. The summed E-state index contributed by atoms with van der Waals surface area (Å²) in [6, 6.07) is 12.2. The number of halogens is 1. The van der Waals surface area contributed by atoms with Crippen LogP contribution in [0.3, 0.4) is 0 Å². The third-order valence-electron chi connectivity index (χ3n) is 4.92. The van der Waals surface area contributed by atoms with Gasteiger partial charge in [0.05, 0.1) is 28.2 Å². The summed E-state index contributed by atoms with van der Waals surface area (Å²) in [4.78, 5) is 25.5. The van der Waals surface area contributed by atoms with Crippen LogP contribution < -0.4 is 4.74 Å². The third kappa shape index (κ3) is 5.02. The second kappa shape index (κ2) is 9.99. The van der Waals surface area contributed by atoms with Crippen LogP contribution in [-0.4, -0.2) is 69.4 Å². The molecule has 1 fully saturated rings. The summed E-state index contributed by atoms with van der Waals surface area (Å²) in [5.41, 5.74) is 0.334. The van der Waals surface area contributed by atoms with Crippen LogP contribution in [0, 0.1) is 11.3 Å². The highest BCUT2D eigenvalue weighted by Crippen LogP contribution is 2.26. The highest BCUT2D eigenvalue weighted by Gasteiger charge is 2.31. The van der Waals surface area contributed by atoms with Gasteiger partial charge < -0.3 is 14.4 Å². The minimum absolute atomic E-state index is 0.0457. The van der Waals surface area contributed by atoms with Gasteiger partial charge in [0.1, 0.15) is 11.8 Å². The number of ether oxygens (including phenoxy) is 2. The number of rotatable bonds is 6. The van der Waals surface area contributed by atoms with Gasteiger partial charge in [0.15, 0.2) is 6.61 Å². The summed E-state index contributed by atoms with van der Waals surface area (Å²) < 4.78 is 37.1. The predicted octanol–water partition coefficient (Wildman–Crippen LogP) is 1.91. The fraction of sp³-hybridized carbons (Fsp3) is 0.286. The Morgan fingerprint density at radius 1 is 1.12 bits per heavy atom. The number of hydrogen-bond donors (Lipinski definition) is 0. The van der Waals surface area contributed by atoms with Crippen molar-refractivity contribution >= 4 is 33.5 Å². The molecule has 2 aromatic carbocycles. The van der Waals surface area contributed by atoms with Crippen molar-refractivity contribution in [2.45, 2.75) is 4.90 Å². The molecule has 1 amide bonds. The zero-order chi connectivity index (χ0) is 23.3. The van der Waals surface area contributed by atoms with Crippen LogP contribution in [0.4, 0.5) is 0 Å². The normalized spacial score (nSPS) is 14.5. The number of nitriles is 1. The van der Waals surface area contributed by atoms with E-state index in [0.29, 0.717) is 0 Å². The van der Waals surface area contributed by atoms with E-state index < -0.39 is 16.0 Å². The lowest BCUT2D eigenvalue weighted by atomic mass is 10.2. The highest BCUT2D eigenvalue weighted by atomic mass is 35.5. The first-order chi connectivity index (χ1) is 15.3. The Kier molecular flexibility index (Phi) is 7.35. The molecule has 0 aromatic heterocycles. The Bertz CT molecular complexity index is 1170. The lowest BCUT2D eigenvalue weighted by Crippen LogP contribution is -2.51. The van der Waals surface area contributed by atoms with Crippen molar-refractivity contribution in [1.29, 1.82) is 5.26 Å². The molecular formula is C21H20ClN3O6S. The number of carbonyl (C=O) groups excluding carboxylic acids is 2.